The van der Waals surface area contributed by atoms with Crippen LogP contribution in [-0.2, 0) is 18.2 Å². The fourth-order valence-electron chi connectivity index (χ4n) is 4.25. The Morgan fingerprint density at radius 1 is 1.31 bits per heavy atom. The van der Waals surface area contributed by atoms with Gasteiger partial charge >= 0.3 is 15.6 Å². The van der Waals surface area contributed by atoms with E-state index in [-0.39, 0.29) is 23.7 Å². The summed E-state index contributed by atoms with van der Waals surface area (Å²) in [5.41, 5.74) is -0.0477. The van der Waals surface area contributed by atoms with E-state index in [0.29, 0.717) is 23.4 Å². The average Bonchev–Trinajstić information content (AvgIpc) is 3.07. The van der Waals surface area contributed by atoms with Gasteiger partial charge in [0.2, 0.25) is 5.28 Å². The molecule has 5 N–H and O–H groups in total. The minimum atomic E-state index is -4.84. The van der Waals surface area contributed by atoms with Gasteiger partial charge in [-0.1, -0.05) is 0 Å². The Balaban J connectivity index is 1.70. The van der Waals surface area contributed by atoms with Crippen molar-refractivity contribution >= 4 is 44.2 Å². The molecule has 2 aromatic heterocycles. The van der Waals surface area contributed by atoms with Crippen molar-refractivity contribution in [1.29, 1.82) is 0 Å². The second-order valence-electron chi connectivity index (χ2n) is 7.11. The Morgan fingerprint density at radius 2 is 2.03 bits per heavy atom. The van der Waals surface area contributed by atoms with E-state index < -0.39 is 33.8 Å². The minimum absolute atomic E-state index is 0.00323. The molecule has 0 amide bonds. The molecule has 2 aromatic rings. The molecule has 0 radical (unpaired) electrons. The van der Waals surface area contributed by atoms with Crippen LogP contribution >= 0.6 is 27.2 Å². The topological polar surface area (TPSA) is 189 Å². The van der Waals surface area contributed by atoms with Gasteiger partial charge in [-0.2, -0.15) is 9.97 Å². The van der Waals surface area contributed by atoms with Gasteiger partial charge in [0, 0.05) is 18.5 Å². The summed E-state index contributed by atoms with van der Waals surface area (Å²) in [6.07, 6.45) is 1.12. The Labute approximate surface area is 168 Å². The highest BCUT2D eigenvalue weighted by Crippen LogP contribution is 2.71. The average molecular weight is 470 g/mol. The Kier molecular flexibility index (Phi) is 5.05. The van der Waals surface area contributed by atoms with Crippen LogP contribution in [0.4, 0.5) is 5.82 Å². The summed E-state index contributed by atoms with van der Waals surface area (Å²) in [6, 6.07) is -0.340. The molecule has 0 bridgehead atoms. The van der Waals surface area contributed by atoms with Crippen LogP contribution in [0.3, 0.4) is 0 Å². The molecule has 4 rings (SSSR count). The first-order chi connectivity index (χ1) is 13.4. The fraction of sp³-hybridized carbons (Fsp3) is 0.615. The molecule has 29 heavy (non-hydrogen) atoms. The summed E-state index contributed by atoms with van der Waals surface area (Å²) in [4.78, 5) is 49.2. The van der Waals surface area contributed by atoms with Crippen LogP contribution < -0.4 is 5.32 Å². The molecule has 4 atom stereocenters. The van der Waals surface area contributed by atoms with Gasteiger partial charge in [-0.3, -0.25) is 9.05 Å². The van der Waals surface area contributed by atoms with Crippen LogP contribution in [0.5, 0.6) is 0 Å². The number of phosphoric ester groups is 2. The lowest BCUT2D eigenvalue weighted by molar-refractivity contribution is 0.0499. The second kappa shape index (κ2) is 6.94. The highest BCUT2D eigenvalue weighted by atomic mass is 35.5. The van der Waals surface area contributed by atoms with Crippen molar-refractivity contribution in [2.24, 2.45) is 11.3 Å². The molecule has 0 saturated heterocycles. The molecule has 2 heterocycles. The van der Waals surface area contributed by atoms with Crippen molar-refractivity contribution < 1.29 is 37.8 Å². The lowest BCUT2D eigenvalue weighted by atomic mass is 10.0. The predicted molar refractivity (Wildman–Crippen MR) is 99.0 cm³/mol. The monoisotopic (exact) mass is 469 g/mol. The summed E-state index contributed by atoms with van der Waals surface area (Å²) in [5, 5.41) is 2.87. The van der Waals surface area contributed by atoms with E-state index in [1.165, 1.54) is 6.33 Å². The molecular formula is C13H18ClN5O8P2. The number of rotatable bonds is 7. The molecule has 2 saturated carbocycles. The summed E-state index contributed by atoms with van der Waals surface area (Å²) >= 11 is 5.99. The van der Waals surface area contributed by atoms with Crippen molar-refractivity contribution in [2.45, 2.75) is 25.0 Å². The largest absolute Gasteiger partial charge is 0.469 e. The SMILES string of the molecule is CNc1nc(Cl)nc2c1ncn2[C@H]1C[C@H](OP(=O)(O)O)[C@]2(COP(=O)(O)O)C[C@H]12. The van der Waals surface area contributed by atoms with Gasteiger partial charge in [0.1, 0.15) is 0 Å². The van der Waals surface area contributed by atoms with E-state index in [4.69, 9.17) is 25.9 Å². The minimum Gasteiger partial charge on any atom is -0.371 e. The van der Waals surface area contributed by atoms with Crippen LogP contribution in [0.15, 0.2) is 6.33 Å². The van der Waals surface area contributed by atoms with Crippen LogP contribution in [0.25, 0.3) is 11.2 Å². The normalized spacial score (nSPS) is 29.2. The van der Waals surface area contributed by atoms with Gasteiger partial charge in [0.15, 0.2) is 17.0 Å². The Morgan fingerprint density at radius 3 is 2.66 bits per heavy atom. The molecule has 2 aliphatic rings. The van der Waals surface area contributed by atoms with Gasteiger partial charge in [-0.05, 0) is 30.4 Å². The number of halogens is 1. The van der Waals surface area contributed by atoms with E-state index in [1.807, 2.05) is 0 Å². The molecule has 0 unspecified atom stereocenters. The van der Waals surface area contributed by atoms with Gasteiger partial charge in [-0.15, -0.1) is 0 Å². The summed E-state index contributed by atoms with van der Waals surface area (Å²) in [6.45, 7) is -0.396. The van der Waals surface area contributed by atoms with Gasteiger partial charge < -0.3 is 29.5 Å². The molecule has 16 heteroatoms. The first-order valence-electron chi connectivity index (χ1n) is 8.45. The molecule has 13 nitrogen and oxygen atoms in total. The number of hydrogen-bond acceptors (Lipinski definition) is 8. The standard InChI is InChI=1S/C13H18ClN5O8P2/c1-15-10-9-11(18-12(14)17-10)19(5-16-9)7-2-8(27-29(23,24)25)13(3-6(7)13)4-26-28(20,21)22/h5-8H,2-4H2,1H3,(H,15,17,18)(H2,20,21,22)(H2,23,24,25)/t6-,7+,8+,13+/m1/s1. The first kappa shape index (κ1) is 21.1. The highest BCUT2D eigenvalue weighted by molar-refractivity contribution is 7.46. The van der Waals surface area contributed by atoms with E-state index in [0.717, 1.165) is 0 Å². The van der Waals surface area contributed by atoms with E-state index in [2.05, 4.69) is 24.8 Å². The first-order valence-corrected chi connectivity index (χ1v) is 11.9. The number of hydrogen-bond donors (Lipinski definition) is 5. The molecule has 2 fully saturated rings. The zero-order chi connectivity index (χ0) is 21.2. The second-order valence-corrected chi connectivity index (χ2v) is 9.88. The zero-order valence-corrected chi connectivity index (χ0v) is 17.5. The number of imidazole rings is 1. The van der Waals surface area contributed by atoms with Crippen LogP contribution in [0.1, 0.15) is 18.9 Å². The molecule has 2 aliphatic carbocycles. The third-order valence-corrected chi connectivity index (χ3v) is 6.66. The summed E-state index contributed by atoms with van der Waals surface area (Å²) < 4.78 is 33.9. The molecule has 0 spiro atoms. The maximum Gasteiger partial charge on any atom is 0.469 e. The van der Waals surface area contributed by atoms with Gasteiger partial charge in [-0.25, -0.2) is 14.1 Å². The number of aromatic nitrogens is 4. The smallest absolute Gasteiger partial charge is 0.371 e. The molecular weight excluding hydrogens is 452 g/mol. The van der Waals surface area contributed by atoms with E-state index >= 15 is 0 Å². The third-order valence-electron chi connectivity index (χ3n) is 5.49. The Bertz CT molecular complexity index is 1060. The number of anilines is 1. The molecule has 160 valence electrons. The van der Waals surface area contributed by atoms with Crippen molar-refractivity contribution in [2.75, 3.05) is 19.0 Å². The van der Waals surface area contributed by atoms with Crippen LogP contribution in [-0.4, -0.2) is 58.9 Å². The van der Waals surface area contributed by atoms with E-state index in [9.17, 15) is 18.9 Å². The zero-order valence-electron chi connectivity index (χ0n) is 14.9. The molecule has 0 aliphatic heterocycles. The lowest BCUT2D eigenvalue weighted by Crippen LogP contribution is -2.26. The summed E-state index contributed by atoms with van der Waals surface area (Å²) in [5.74, 6) is 0.210. The highest BCUT2D eigenvalue weighted by Gasteiger charge is 2.70. The summed E-state index contributed by atoms with van der Waals surface area (Å²) in [7, 11) is -7.94. The number of fused-ring (bicyclic) bond motifs is 2. The fourth-order valence-corrected chi connectivity index (χ4v) is 5.45. The predicted octanol–water partition coefficient (Wildman–Crippen LogP) is 1.06. The third kappa shape index (κ3) is 3.95. The Hall–Kier alpha value is -1.14. The molecule has 0 aromatic carbocycles. The maximum atomic E-state index is 11.4. The van der Waals surface area contributed by atoms with Crippen molar-refractivity contribution in [1.82, 2.24) is 19.5 Å². The van der Waals surface area contributed by atoms with Crippen molar-refractivity contribution in [3.05, 3.63) is 11.6 Å². The maximum absolute atomic E-state index is 11.4. The van der Waals surface area contributed by atoms with Crippen LogP contribution in [0.2, 0.25) is 5.28 Å². The lowest BCUT2D eigenvalue weighted by Gasteiger charge is -2.24. The van der Waals surface area contributed by atoms with E-state index in [1.54, 1.807) is 11.6 Å². The quantitative estimate of drug-likeness (QED) is 0.287. The van der Waals surface area contributed by atoms with Crippen molar-refractivity contribution in [3.8, 4) is 0 Å². The van der Waals surface area contributed by atoms with Gasteiger partial charge in [0.05, 0.1) is 19.0 Å². The number of nitrogens with one attached hydrogen (secondary N) is 1. The van der Waals surface area contributed by atoms with Gasteiger partial charge in [0.25, 0.3) is 0 Å². The number of nitrogens with zero attached hydrogens (tertiary/aromatic N) is 4. The van der Waals surface area contributed by atoms with Crippen molar-refractivity contribution in [3.63, 3.8) is 0 Å². The number of phosphoric acid groups is 2. The van der Waals surface area contributed by atoms with Crippen LogP contribution in [0, 0.1) is 11.3 Å².